The molecule has 1 aliphatic heterocycles. The minimum atomic E-state index is -0.0458. The molecule has 0 aromatic heterocycles. The first kappa shape index (κ1) is 14.9. The molecule has 1 aromatic carbocycles. The van der Waals surface area contributed by atoms with Gasteiger partial charge in [-0.3, -0.25) is 4.79 Å². The van der Waals surface area contributed by atoms with E-state index in [2.05, 4.69) is 17.6 Å². The zero-order chi connectivity index (χ0) is 14.2. The molecule has 1 aliphatic rings. The second-order valence-electron chi connectivity index (χ2n) is 5.28. The summed E-state index contributed by atoms with van der Waals surface area (Å²) in [6.45, 7) is 5.13. The number of ether oxygens (including phenoxy) is 1. The molecule has 0 radical (unpaired) electrons. The van der Waals surface area contributed by atoms with E-state index in [1.165, 1.54) is 12.0 Å². The number of aryl methyl sites for hydroxylation is 1. The van der Waals surface area contributed by atoms with E-state index in [9.17, 15) is 4.79 Å². The molecule has 1 saturated heterocycles. The van der Waals surface area contributed by atoms with Crippen molar-refractivity contribution >= 4 is 5.91 Å². The quantitative estimate of drug-likeness (QED) is 0.797. The van der Waals surface area contributed by atoms with Crippen molar-refractivity contribution in [1.82, 2.24) is 10.6 Å². The van der Waals surface area contributed by atoms with E-state index in [4.69, 9.17) is 4.74 Å². The van der Waals surface area contributed by atoms with Gasteiger partial charge in [0, 0.05) is 6.54 Å². The maximum Gasteiger partial charge on any atom is 0.257 e. The number of nitrogens with one attached hydrogen (secondary N) is 2. The zero-order valence-corrected chi connectivity index (χ0v) is 12.2. The molecular formula is C16H24N2O2. The highest BCUT2D eigenvalue weighted by atomic mass is 16.5. The highest BCUT2D eigenvalue weighted by Crippen LogP contribution is 2.12. The van der Waals surface area contributed by atoms with Crippen molar-refractivity contribution in [3.05, 3.63) is 29.8 Å². The summed E-state index contributed by atoms with van der Waals surface area (Å²) < 4.78 is 5.47. The minimum Gasteiger partial charge on any atom is -0.484 e. The summed E-state index contributed by atoms with van der Waals surface area (Å²) in [6, 6.07) is 7.88. The van der Waals surface area contributed by atoms with Crippen molar-refractivity contribution in [2.24, 2.45) is 5.92 Å². The average molecular weight is 276 g/mol. The number of amides is 1. The molecule has 0 aliphatic carbocycles. The van der Waals surface area contributed by atoms with Crippen LogP contribution >= 0.6 is 0 Å². The zero-order valence-electron chi connectivity index (χ0n) is 12.2. The van der Waals surface area contributed by atoms with Gasteiger partial charge in [-0.15, -0.1) is 0 Å². The van der Waals surface area contributed by atoms with Gasteiger partial charge in [-0.05, 0) is 56.0 Å². The Kier molecular flexibility index (Phi) is 5.87. The Hall–Kier alpha value is -1.55. The molecule has 110 valence electrons. The predicted molar refractivity (Wildman–Crippen MR) is 79.9 cm³/mol. The normalized spacial score (nSPS) is 17.9. The second kappa shape index (κ2) is 7.90. The van der Waals surface area contributed by atoms with Gasteiger partial charge in [0.25, 0.3) is 5.91 Å². The Morgan fingerprint density at radius 1 is 1.40 bits per heavy atom. The molecule has 1 atom stereocenters. The summed E-state index contributed by atoms with van der Waals surface area (Å²) in [6.07, 6.45) is 3.27. The molecule has 2 N–H and O–H groups in total. The Morgan fingerprint density at radius 3 is 2.85 bits per heavy atom. The molecule has 1 unspecified atom stereocenters. The summed E-state index contributed by atoms with van der Waals surface area (Å²) in [7, 11) is 0. The summed E-state index contributed by atoms with van der Waals surface area (Å²) in [5.74, 6) is 1.41. The topological polar surface area (TPSA) is 50.4 Å². The van der Waals surface area contributed by atoms with Gasteiger partial charge in [0.05, 0.1) is 0 Å². The lowest BCUT2D eigenvalue weighted by molar-refractivity contribution is -0.123. The van der Waals surface area contributed by atoms with Crippen LogP contribution < -0.4 is 15.4 Å². The molecule has 20 heavy (non-hydrogen) atoms. The molecule has 2 rings (SSSR count). The number of carbonyl (C=O) groups excluding carboxylic acids is 1. The first-order chi connectivity index (χ1) is 9.78. The smallest absolute Gasteiger partial charge is 0.257 e. The van der Waals surface area contributed by atoms with Gasteiger partial charge in [0.1, 0.15) is 5.75 Å². The Morgan fingerprint density at radius 2 is 2.20 bits per heavy atom. The molecule has 1 heterocycles. The molecule has 1 fully saturated rings. The molecule has 1 aromatic rings. The van der Waals surface area contributed by atoms with E-state index in [-0.39, 0.29) is 12.5 Å². The van der Waals surface area contributed by atoms with Gasteiger partial charge < -0.3 is 15.4 Å². The van der Waals surface area contributed by atoms with Crippen LogP contribution in [-0.4, -0.2) is 32.1 Å². The lowest BCUT2D eigenvalue weighted by atomic mass is 10.1. The highest BCUT2D eigenvalue weighted by molar-refractivity contribution is 5.77. The molecule has 0 saturated carbocycles. The van der Waals surface area contributed by atoms with Gasteiger partial charge >= 0.3 is 0 Å². The number of carbonyl (C=O) groups is 1. The van der Waals surface area contributed by atoms with E-state index in [1.54, 1.807) is 0 Å². The fraction of sp³-hybridized carbons (Fsp3) is 0.562. The molecule has 4 heteroatoms. The van der Waals surface area contributed by atoms with Crippen LogP contribution in [0.2, 0.25) is 0 Å². The maximum absolute atomic E-state index is 11.7. The van der Waals surface area contributed by atoms with E-state index < -0.39 is 0 Å². The second-order valence-corrected chi connectivity index (χ2v) is 5.28. The van der Waals surface area contributed by atoms with Crippen LogP contribution in [-0.2, 0) is 11.2 Å². The SMILES string of the molecule is CCc1ccc(OCC(=O)NCCC2CCNC2)cc1. The minimum absolute atomic E-state index is 0.0458. The van der Waals surface area contributed by atoms with Gasteiger partial charge in [0.15, 0.2) is 6.61 Å². The van der Waals surface area contributed by atoms with Crippen LogP contribution in [0.4, 0.5) is 0 Å². The van der Waals surface area contributed by atoms with Crippen LogP contribution in [0, 0.1) is 5.92 Å². The van der Waals surface area contributed by atoms with Crippen LogP contribution in [0.5, 0.6) is 5.75 Å². The number of benzene rings is 1. The predicted octanol–water partition coefficient (Wildman–Crippen LogP) is 1.74. The maximum atomic E-state index is 11.7. The van der Waals surface area contributed by atoms with Crippen molar-refractivity contribution in [1.29, 1.82) is 0 Å². The van der Waals surface area contributed by atoms with Gasteiger partial charge in [0.2, 0.25) is 0 Å². The van der Waals surface area contributed by atoms with E-state index in [1.807, 2.05) is 24.3 Å². The van der Waals surface area contributed by atoms with Crippen LogP contribution in [0.25, 0.3) is 0 Å². The van der Waals surface area contributed by atoms with Crippen molar-refractivity contribution in [3.8, 4) is 5.75 Å². The third kappa shape index (κ3) is 4.85. The largest absolute Gasteiger partial charge is 0.484 e. The molecule has 0 spiro atoms. The van der Waals surface area contributed by atoms with Crippen molar-refractivity contribution in [2.75, 3.05) is 26.2 Å². The van der Waals surface area contributed by atoms with Crippen LogP contribution in [0.1, 0.15) is 25.3 Å². The summed E-state index contributed by atoms with van der Waals surface area (Å²) >= 11 is 0. The molecule has 1 amide bonds. The number of hydrogen-bond donors (Lipinski definition) is 2. The van der Waals surface area contributed by atoms with Gasteiger partial charge in [-0.2, -0.15) is 0 Å². The monoisotopic (exact) mass is 276 g/mol. The first-order valence-electron chi connectivity index (χ1n) is 7.47. The molecule has 4 nitrogen and oxygen atoms in total. The van der Waals surface area contributed by atoms with Crippen molar-refractivity contribution in [2.45, 2.75) is 26.2 Å². The number of rotatable bonds is 7. The van der Waals surface area contributed by atoms with E-state index in [0.29, 0.717) is 5.92 Å². The van der Waals surface area contributed by atoms with Gasteiger partial charge in [-0.25, -0.2) is 0 Å². The summed E-state index contributed by atoms with van der Waals surface area (Å²) in [5.41, 5.74) is 1.27. The van der Waals surface area contributed by atoms with E-state index in [0.717, 1.165) is 38.2 Å². The first-order valence-corrected chi connectivity index (χ1v) is 7.47. The highest BCUT2D eigenvalue weighted by Gasteiger charge is 2.14. The standard InChI is InChI=1S/C16H24N2O2/c1-2-13-3-5-15(6-4-13)20-12-16(19)18-10-8-14-7-9-17-11-14/h3-6,14,17H,2,7-12H2,1H3,(H,18,19). The van der Waals surface area contributed by atoms with E-state index >= 15 is 0 Å². The molecule has 0 bridgehead atoms. The van der Waals surface area contributed by atoms with Crippen LogP contribution in [0.3, 0.4) is 0 Å². The summed E-state index contributed by atoms with van der Waals surface area (Å²) in [4.78, 5) is 11.7. The van der Waals surface area contributed by atoms with Gasteiger partial charge in [-0.1, -0.05) is 19.1 Å². The number of hydrogen-bond acceptors (Lipinski definition) is 3. The lowest BCUT2D eigenvalue weighted by Crippen LogP contribution is -2.30. The third-order valence-electron chi connectivity index (χ3n) is 3.74. The fourth-order valence-corrected chi connectivity index (χ4v) is 2.40. The molecular weight excluding hydrogens is 252 g/mol. The Balaban J connectivity index is 1.61. The van der Waals surface area contributed by atoms with Crippen molar-refractivity contribution in [3.63, 3.8) is 0 Å². The average Bonchev–Trinajstić information content (AvgIpc) is 2.99. The Labute approximate surface area is 120 Å². The van der Waals surface area contributed by atoms with Crippen LogP contribution in [0.15, 0.2) is 24.3 Å². The lowest BCUT2D eigenvalue weighted by Gasteiger charge is -2.10. The Bertz CT molecular complexity index is 411. The summed E-state index contributed by atoms with van der Waals surface area (Å²) in [5, 5.41) is 6.24. The third-order valence-corrected chi connectivity index (χ3v) is 3.74. The fourth-order valence-electron chi connectivity index (χ4n) is 2.40. The van der Waals surface area contributed by atoms with Crippen molar-refractivity contribution < 1.29 is 9.53 Å².